The van der Waals surface area contributed by atoms with Crippen molar-refractivity contribution in [1.82, 2.24) is 4.98 Å². The zero-order chi connectivity index (χ0) is 21.4. The fourth-order valence-electron chi connectivity index (χ4n) is 3.25. The van der Waals surface area contributed by atoms with E-state index in [9.17, 15) is 29.2 Å². The Kier molecular flexibility index (Phi) is 4.84. The maximum Gasteiger partial charge on any atom is 0.301 e. The normalized spacial score (nSPS) is 18.0. The molecule has 0 unspecified atom stereocenters. The SMILES string of the molecule is O=C1C(=O)N(c2nccs2)[C@H](c2ccccc2F)C1=C(O)c1ccc([N+](=O)[O-])cc1. The molecule has 1 N–H and O–H groups in total. The summed E-state index contributed by atoms with van der Waals surface area (Å²) in [5.41, 5.74) is -0.441. The number of anilines is 1. The Hall–Kier alpha value is -3.92. The van der Waals surface area contributed by atoms with E-state index in [2.05, 4.69) is 4.98 Å². The van der Waals surface area contributed by atoms with Crippen LogP contribution in [-0.2, 0) is 9.59 Å². The zero-order valence-corrected chi connectivity index (χ0v) is 15.9. The number of ketones is 1. The summed E-state index contributed by atoms with van der Waals surface area (Å²) in [6, 6.07) is 9.18. The van der Waals surface area contributed by atoms with E-state index in [-0.39, 0.29) is 27.5 Å². The predicted octanol–water partition coefficient (Wildman–Crippen LogP) is 3.82. The molecule has 0 aliphatic carbocycles. The number of nitrogens with zero attached hydrogens (tertiary/aromatic N) is 3. The van der Waals surface area contributed by atoms with Crippen LogP contribution in [0.25, 0.3) is 5.76 Å². The molecule has 4 rings (SSSR count). The lowest BCUT2D eigenvalue weighted by Crippen LogP contribution is -2.29. The fourth-order valence-corrected chi connectivity index (χ4v) is 3.92. The second-order valence-corrected chi connectivity index (χ2v) is 7.18. The van der Waals surface area contributed by atoms with Gasteiger partial charge in [0.2, 0.25) is 0 Å². The van der Waals surface area contributed by atoms with Gasteiger partial charge in [0.05, 0.1) is 10.5 Å². The number of non-ortho nitro benzene ring substituents is 1. The molecule has 1 atom stereocenters. The second kappa shape index (κ2) is 7.48. The zero-order valence-electron chi connectivity index (χ0n) is 15.1. The third-order valence-electron chi connectivity index (χ3n) is 4.62. The van der Waals surface area contributed by atoms with Crippen LogP contribution >= 0.6 is 11.3 Å². The van der Waals surface area contributed by atoms with Gasteiger partial charge in [-0.2, -0.15) is 0 Å². The van der Waals surface area contributed by atoms with Crippen LogP contribution in [0.15, 0.2) is 65.7 Å². The van der Waals surface area contributed by atoms with E-state index in [4.69, 9.17) is 0 Å². The number of nitro benzene ring substituents is 1. The van der Waals surface area contributed by atoms with Gasteiger partial charge in [0.15, 0.2) is 5.13 Å². The topological polar surface area (TPSA) is 114 Å². The summed E-state index contributed by atoms with van der Waals surface area (Å²) in [7, 11) is 0. The van der Waals surface area contributed by atoms with Gasteiger partial charge in [-0.15, -0.1) is 11.3 Å². The predicted molar refractivity (Wildman–Crippen MR) is 106 cm³/mol. The van der Waals surface area contributed by atoms with Gasteiger partial charge < -0.3 is 5.11 Å². The van der Waals surface area contributed by atoms with Crippen LogP contribution in [0.3, 0.4) is 0 Å². The standard InChI is InChI=1S/C20H12FN3O5S/c21-14-4-2-1-3-13(14)16-15(17(25)11-5-7-12(8-6-11)24(28)29)18(26)19(27)23(16)20-22-9-10-30-20/h1-10,16,25H/t16-/m1/s1. The van der Waals surface area contributed by atoms with Crippen molar-refractivity contribution in [2.24, 2.45) is 0 Å². The molecule has 1 amide bonds. The molecule has 8 nitrogen and oxygen atoms in total. The van der Waals surface area contributed by atoms with Crippen molar-refractivity contribution in [1.29, 1.82) is 0 Å². The Balaban J connectivity index is 1.93. The average Bonchev–Trinajstić information content (AvgIpc) is 3.35. The van der Waals surface area contributed by atoms with Crippen LogP contribution in [0, 0.1) is 15.9 Å². The van der Waals surface area contributed by atoms with Gasteiger partial charge in [0.1, 0.15) is 17.6 Å². The summed E-state index contributed by atoms with van der Waals surface area (Å²) in [6.07, 6.45) is 1.44. The second-order valence-electron chi connectivity index (χ2n) is 6.31. The minimum Gasteiger partial charge on any atom is -0.507 e. The van der Waals surface area contributed by atoms with Crippen molar-refractivity contribution in [3.63, 3.8) is 0 Å². The average molecular weight is 425 g/mol. The van der Waals surface area contributed by atoms with E-state index in [1.807, 2.05) is 0 Å². The number of amides is 1. The van der Waals surface area contributed by atoms with E-state index >= 15 is 0 Å². The molecule has 150 valence electrons. The van der Waals surface area contributed by atoms with Crippen molar-refractivity contribution >= 4 is 39.6 Å². The van der Waals surface area contributed by atoms with E-state index in [0.29, 0.717) is 0 Å². The molecule has 0 radical (unpaired) electrons. The molecule has 2 aromatic carbocycles. The first kappa shape index (κ1) is 19.4. The van der Waals surface area contributed by atoms with Crippen LogP contribution in [0.1, 0.15) is 17.2 Å². The number of benzene rings is 2. The number of aromatic nitrogens is 1. The lowest BCUT2D eigenvalue weighted by atomic mass is 9.95. The lowest BCUT2D eigenvalue weighted by Gasteiger charge is -2.23. The van der Waals surface area contributed by atoms with Crippen LogP contribution in [0.4, 0.5) is 15.2 Å². The number of nitro groups is 1. The molecule has 1 saturated heterocycles. The van der Waals surface area contributed by atoms with Crippen LogP contribution in [0.2, 0.25) is 0 Å². The molecule has 3 aromatic rings. The summed E-state index contributed by atoms with van der Waals surface area (Å²) in [4.78, 5) is 41.0. The number of thiazole rings is 1. The van der Waals surface area contributed by atoms with Gasteiger partial charge in [-0.05, 0) is 18.2 Å². The Bertz CT molecular complexity index is 1190. The molecule has 30 heavy (non-hydrogen) atoms. The molecule has 0 saturated carbocycles. The third-order valence-corrected chi connectivity index (χ3v) is 5.39. The molecule has 0 bridgehead atoms. The van der Waals surface area contributed by atoms with Crippen LogP contribution in [0.5, 0.6) is 0 Å². The first-order valence-electron chi connectivity index (χ1n) is 8.60. The van der Waals surface area contributed by atoms with E-state index in [0.717, 1.165) is 28.4 Å². The van der Waals surface area contributed by atoms with Gasteiger partial charge in [-0.1, -0.05) is 18.2 Å². The highest BCUT2D eigenvalue weighted by molar-refractivity contribution is 7.14. The Morgan fingerprint density at radius 3 is 2.47 bits per heavy atom. The minimum atomic E-state index is -1.24. The molecular formula is C20H12FN3O5S. The summed E-state index contributed by atoms with van der Waals surface area (Å²) in [5, 5.41) is 23.5. The summed E-state index contributed by atoms with van der Waals surface area (Å²) in [5.74, 6) is -3.19. The first-order chi connectivity index (χ1) is 14.4. The largest absolute Gasteiger partial charge is 0.507 e. The molecule has 1 aromatic heterocycles. The number of aliphatic hydroxyl groups is 1. The minimum absolute atomic E-state index is 0.00959. The molecule has 10 heteroatoms. The summed E-state index contributed by atoms with van der Waals surface area (Å²) >= 11 is 1.09. The van der Waals surface area contributed by atoms with Gasteiger partial charge >= 0.3 is 5.91 Å². The highest BCUT2D eigenvalue weighted by atomic mass is 32.1. The number of carbonyl (C=O) groups is 2. The Morgan fingerprint density at radius 2 is 1.87 bits per heavy atom. The van der Waals surface area contributed by atoms with Crippen molar-refractivity contribution in [2.45, 2.75) is 6.04 Å². The highest BCUT2D eigenvalue weighted by Gasteiger charge is 2.48. The van der Waals surface area contributed by atoms with Gasteiger partial charge in [-0.3, -0.25) is 24.6 Å². The summed E-state index contributed by atoms with van der Waals surface area (Å²) in [6.45, 7) is 0. The molecular weight excluding hydrogens is 413 g/mol. The molecule has 1 fully saturated rings. The monoisotopic (exact) mass is 425 g/mol. The Labute approximate surface area is 172 Å². The maximum atomic E-state index is 14.6. The lowest BCUT2D eigenvalue weighted by molar-refractivity contribution is -0.384. The van der Waals surface area contributed by atoms with Gasteiger partial charge in [0.25, 0.3) is 11.5 Å². The third kappa shape index (κ3) is 3.12. The van der Waals surface area contributed by atoms with Crippen molar-refractivity contribution in [2.75, 3.05) is 4.90 Å². The van der Waals surface area contributed by atoms with Crippen molar-refractivity contribution in [3.05, 3.63) is 92.7 Å². The maximum absolute atomic E-state index is 14.6. The number of halogens is 1. The summed E-state index contributed by atoms with van der Waals surface area (Å²) < 4.78 is 14.6. The molecule has 0 spiro atoms. The molecule has 1 aliphatic rings. The van der Waals surface area contributed by atoms with Crippen molar-refractivity contribution < 1.29 is 24.0 Å². The number of hydrogen-bond acceptors (Lipinski definition) is 7. The van der Waals surface area contributed by atoms with Crippen LogP contribution in [-0.4, -0.2) is 26.7 Å². The van der Waals surface area contributed by atoms with Gasteiger partial charge in [0, 0.05) is 34.8 Å². The molecule has 2 heterocycles. The van der Waals surface area contributed by atoms with E-state index in [1.54, 1.807) is 11.4 Å². The number of Topliss-reactive ketones (excluding diaryl/α,β-unsaturated/α-hetero) is 1. The molecule has 1 aliphatic heterocycles. The number of hydrogen-bond donors (Lipinski definition) is 1. The Morgan fingerprint density at radius 1 is 1.17 bits per heavy atom. The highest BCUT2D eigenvalue weighted by Crippen LogP contribution is 2.43. The smallest absolute Gasteiger partial charge is 0.301 e. The number of carbonyl (C=O) groups excluding carboxylic acids is 2. The van der Waals surface area contributed by atoms with Gasteiger partial charge in [-0.25, -0.2) is 9.37 Å². The number of aliphatic hydroxyl groups excluding tert-OH is 1. The quantitative estimate of drug-likeness (QED) is 0.224. The van der Waals surface area contributed by atoms with E-state index < -0.39 is 34.2 Å². The first-order valence-corrected chi connectivity index (χ1v) is 9.48. The van der Waals surface area contributed by atoms with E-state index in [1.165, 1.54) is 36.5 Å². The van der Waals surface area contributed by atoms with Crippen molar-refractivity contribution in [3.8, 4) is 0 Å². The van der Waals surface area contributed by atoms with Crippen LogP contribution < -0.4 is 4.90 Å². The fraction of sp³-hybridized carbons (Fsp3) is 0.0500. The number of rotatable bonds is 4.